The Morgan fingerprint density at radius 3 is 2.38 bits per heavy atom. The number of hydrogen-bond donors (Lipinski definition) is 0. The van der Waals surface area contributed by atoms with Crippen LogP contribution in [-0.2, 0) is 5.75 Å². The molecule has 6 nitrogen and oxygen atoms in total. The van der Waals surface area contributed by atoms with Gasteiger partial charge in [0.2, 0.25) is 0 Å². The number of likely N-dealkylation sites (N-methyl/N-ethyl adjacent to an activating group) is 1. The second-order valence-corrected chi connectivity index (χ2v) is 12.0. The number of nitriles is 2. The van der Waals surface area contributed by atoms with E-state index in [2.05, 4.69) is 34.4 Å². The van der Waals surface area contributed by atoms with E-state index >= 15 is 0 Å². The van der Waals surface area contributed by atoms with Crippen molar-refractivity contribution >= 4 is 40.5 Å². The highest BCUT2D eigenvalue weighted by Crippen LogP contribution is 2.42. The van der Waals surface area contributed by atoms with E-state index in [1.165, 1.54) is 6.42 Å². The summed E-state index contributed by atoms with van der Waals surface area (Å²) in [5, 5.41) is 25.0. The monoisotopic (exact) mass is 548 g/mol. The van der Waals surface area contributed by atoms with Crippen molar-refractivity contribution < 1.29 is 0 Å². The topological polar surface area (TPSA) is 79.8 Å². The van der Waals surface area contributed by atoms with Crippen LogP contribution in [0.5, 0.6) is 0 Å². The Morgan fingerprint density at radius 1 is 1.00 bits per heavy atom. The Hall–Kier alpha value is -2.62. The third kappa shape index (κ3) is 5.78. The number of nitrogens with zero attached hydrogens (tertiary/aromatic N) is 6. The first-order valence-electron chi connectivity index (χ1n) is 12.7. The fourth-order valence-electron chi connectivity index (χ4n) is 5.18. The van der Waals surface area contributed by atoms with Crippen molar-refractivity contribution in [3.63, 3.8) is 0 Å². The van der Waals surface area contributed by atoms with Gasteiger partial charge in [0.25, 0.3) is 0 Å². The van der Waals surface area contributed by atoms with Crippen LogP contribution < -0.4 is 4.90 Å². The summed E-state index contributed by atoms with van der Waals surface area (Å²) in [5.41, 5.74) is 4.11. The van der Waals surface area contributed by atoms with Crippen LogP contribution in [0.4, 0.5) is 5.82 Å². The van der Waals surface area contributed by atoms with Crippen molar-refractivity contribution in [1.82, 2.24) is 14.9 Å². The predicted molar refractivity (Wildman–Crippen MR) is 151 cm³/mol. The summed E-state index contributed by atoms with van der Waals surface area (Å²) in [6, 6.07) is 12.6. The summed E-state index contributed by atoms with van der Waals surface area (Å²) in [5.74, 6) is 1.60. The molecule has 2 aromatic heterocycles. The Labute approximate surface area is 231 Å². The van der Waals surface area contributed by atoms with E-state index in [4.69, 9.17) is 21.6 Å². The van der Waals surface area contributed by atoms with Gasteiger partial charge in [-0.05, 0) is 43.5 Å². The number of thioether (sulfide) groups is 1. The fourth-order valence-corrected chi connectivity index (χ4v) is 7.12. The van der Waals surface area contributed by atoms with Gasteiger partial charge < -0.3 is 9.80 Å². The molecule has 37 heavy (non-hydrogen) atoms. The summed E-state index contributed by atoms with van der Waals surface area (Å²) in [6.45, 7) is 3.52. The third-order valence-electron chi connectivity index (χ3n) is 7.22. The van der Waals surface area contributed by atoms with Crippen LogP contribution in [0.3, 0.4) is 0 Å². The average Bonchev–Trinajstić information content (AvgIpc) is 3.41. The maximum absolute atomic E-state index is 10.3. The molecule has 1 aliphatic carbocycles. The van der Waals surface area contributed by atoms with Gasteiger partial charge in [-0.2, -0.15) is 10.5 Å². The lowest BCUT2D eigenvalue weighted by atomic mass is 9.80. The molecule has 0 atom stereocenters. The number of pyridine rings is 1. The normalized spacial score (nSPS) is 16.9. The smallest absolute Gasteiger partial charge is 0.148 e. The molecule has 1 aromatic carbocycles. The molecule has 1 saturated carbocycles. The number of aromatic nitrogens is 2. The van der Waals surface area contributed by atoms with Gasteiger partial charge >= 0.3 is 0 Å². The summed E-state index contributed by atoms with van der Waals surface area (Å²) >= 11 is 9.19. The number of thiazole rings is 1. The van der Waals surface area contributed by atoms with Gasteiger partial charge in [0.15, 0.2) is 0 Å². The van der Waals surface area contributed by atoms with E-state index in [1.54, 1.807) is 23.1 Å². The number of piperazine rings is 1. The van der Waals surface area contributed by atoms with Crippen LogP contribution in [0.2, 0.25) is 5.02 Å². The van der Waals surface area contributed by atoms with Crippen molar-refractivity contribution in [2.24, 2.45) is 0 Å². The first kappa shape index (κ1) is 26.0. The Morgan fingerprint density at radius 2 is 1.70 bits per heavy atom. The van der Waals surface area contributed by atoms with Crippen LogP contribution in [0.25, 0.3) is 10.6 Å². The van der Waals surface area contributed by atoms with Crippen molar-refractivity contribution in [2.75, 3.05) is 38.1 Å². The van der Waals surface area contributed by atoms with Crippen LogP contribution in [-0.4, -0.2) is 48.1 Å². The van der Waals surface area contributed by atoms with E-state index in [0.29, 0.717) is 21.9 Å². The summed E-state index contributed by atoms with van der Waals surface area (Å²) < 4.78 is 0. The summed E-state index contributed by atoms with van der Waals surface area (Å²) in [7, 11) is 2.12. The first-order chi connectivity index (χ1) is 18.1. The lowest BCUT2D eigenvalue weighted by molar-refractivity contribution is 0.311. The van der Waals surface area contributed by atoms with E-state index in [-0.39, 0.29) is 5.92 Å². The van der Waals surface area contributed by atoms with Gasteiger partial charge in [0.1, 0.15) is 28.0 Å². The molecule has 0 radical (unpaired) electrons. The Bertz CT molecular complexity index is 1330. The summed E-state index contributed by atoms with van der Waals surface area (Å²) in [6.07, 6.45) is 5.55. The van der Waals surface area contributed by atoms with E-state index in [1.807, 2.05) is 24.3 Å². The molecule has 190 valence electrons. The minimum Gasteiger partial charge on any atom is -0.353 e. The quantitative estimate of drug-likeness (QED) is 0.317. The SMILES string of the molecule is CN1CCN(c2nc(SCc3csc(-c4ccc(Cl)cc4)n3)c(C#N)c(C3CCCCC3)c2C#N)CC1. The van der Waals surface area contributed by atoms with Crippen LogP contribution in [0, 0.1) is 22.7 Å². The van der Waals surface area contributed by atoms with Crippen LogP contribution in [0.1, 0.15) is 60.4 Å². The minimum atomic E-state index is 0.238. The zero-order chi connectivity index (χ0) is 25.8. The first-order valence-corrected chi connectivity index (χ1v) is 15.0. The maximum atomic E-state index is 10.3. The number of benzene rings is 1. The summed E-state index contributed by atoms with van der Waals surface area (Å²) in [4.78, 5) is 14.3. The zero-order valence-electron chi connectivity index (χ0n) is 20.9. The lowest BCUT2D eigenvalue weighted by Crippen LogP contribution is -2.45. The van der Waals surface area contributed by atoms with Crippen LogP contribution >= 0.6 is 34.7 Å². The molecule has 3 aromatic rings. The Balaban J connectivity index is 1.48. The second kappa shape index (κ2) is 11.8. The minimum absolute atomic E-state index is 0.238. The van der Waals surface area contributed by atoms with Gasteiger partial charge in [-0.1, -0.05) is 54.8 Å². The van der Waals surface area contributed by atoms with E-state index < -0.39 is 0 Å². The van der Waals surface area contributed by atoms with Gasteiger partial charge in [-0.3, -0.25) is 0 Å². The third-order valence-corrected chi connectivity index (χ3v) is 9.42. The molecule has 0 amide bonds. The second-order valence-electron chi connectivity index (χ2n) is 9.69. The van der Waals surface area contributed by atoms with Crippen molar-refractivity contribution in [1.29, 1.82) is 10.5 Å². The molecule has 0 N–H and O–H groups in total. The van der Waals surface area contributed by atoms with Crippen molar-refractivity contribution in [2.45, 2.75) is 48.8 Å². The zero-order valence-corrected chi connectivity index (χ0v) is 23.3. The highest BCUT2D eigenvalue weighted by molar-refractivity contribution is 7.98. The molecule has 9 heteroatoms. The highest BCUT2D eigenvalue weighted by Gasteiger charge is 2.30. The number of halogens is 1. The molecule has 5 rings (SSSR count). The fraction of sp³-hybridized carbons (Fsp3) is 0.429. The van der Waals surface area contributed by atoms with Gasteiger partial charge in [0.05, 0.1) is 16.8 Å². The van der Waals surface area contributed by atoms with Crippen molar-refractivity contribution in [3.8, 4) is 22.7 Å². The number of hydrogen-bond acceptors (Lipinski definition) is 8. The molecule has 2 aliphatic rings. The average molecular weight is 549 g/mol. The molecular formula is C28H29ClN6S2. The standard InChI is InChI=1S/C28H29ClN6S2/c1-34-11-13-35(14-12-34)26-23(15-30)25(19-5-3-2-4-6-19)24(16-31)28(33-26)37-18-22-17-36-27(32-22)20-7-9-21(29)10-8-20/h7-10,17,19H,2-6,11-14,18H2,1H3. The van der Waals surface area contributed by atoms with E-state index in [0.717, 1.165) is 84.5 Å². The van der Waals surface area contributed by atoms with Gasteiger partial charge in [0, 0.05) is 47.9 Å². The number of rotatable bonds is 6. The van der Waals surface area contributed by atoms with Gasteiger partial charge in [-0.15, -0.1) is 11.3 Å². The highest BCUT2D eigenvalue weighted by atomic mass is 35.5. The molecular weight excluding hydrogens is 520 g/mol. The Kier molecular flexibility index (Phi) is 8.32. The number of anilines is 1. The van der Waals surface area contributed by atoms with E-state index in [9.17, 15) is 10.5 Å². The molecule has 0 bridgehead atoms. The molecule has 1 aliphatic heterocycles. The molecule has 0 spiro atoms. The van der Waals surface area contributed by atoms with Crippen LogP contribution in [0.15, 0.2) is 34.7 Å². The molecule has 0 unspecified atom stereocenters. The largest absolute Gasteiger partial charge is 0.353 e. The molecule has 1 saturated heterocycles. The molecule has 2 fully saturated rings. The maximum Gasteiger partial charge on any atom is 0.148 e. The lowest BCUT2D eigenvalue weighted by Gasteiger charge is -2.35. The van der Waals surface area contributed by atoms with Gasteiger partial charge in [-0.25, -0.2) is 9.97 Å². The predicted octanol–water partition coefficient (Wildman–Crippen LogP) is 6.69. The molecule has 3 heterocycles. The van der Waals surface area contributed by atoms with Crippen molar-refractivity contribution in [3.05, 3.63) is 57.1 Å².